The Labute approximate surface area is 124 Å². The van der Waals surface area contributed by atoms with Crippen LogP contribution in [-0.4, -0.2) is 31.0 Å². The molecule has 2 aromatic rings. The van der Waals surface area contributed by atoms with Gasteiger partial charge in [0.15, 0.2) is 5.76 Å². The van der Waals surface area contributed by atoms with E-state index in [2.05, 4.69) is 6.92 Å². The fourth-order valence-electron chi connectivity index (χ4n) is 3.08. The molecular formula is C17H21NO3. The fraction of sp³-hybridized carbons (Fsp3) is 0.471. The summed E-state index contributed by atoms with van der Waals surface area (Å²) in [7, 11) is 1.64. The van der Waals surface area contributed by atoms with Crippen LogP contribution in [0.1, 0.15) is 35.9 Å². The highest BCUT2D eigenvalue weighted by Crippen LogP contribution is 2.28. The third-order valence-corrected chi connectivity index (χ3v) is 4.13. The summed E-state index contributed by atoms with van der Waals surface area (Å²) in [5.74, 6) is 0.981. The van der Waals surface area contributed by atoms with Crippen molar-refractivity contribution in [2.75, 3.05) is 20.2 Å². The highest BCUT2D eigenvalue weighted by molar-refractivity contribution is 5.99. The van der Waals surface area contributed by atoms with E-state index in [0.717, 1.165) is 36.0 Å². The molecule has 1 aromatic heterocycles. The lowest BCUT2D eigenvalue weighted by atomic mass is 10.00. The highest BCUT2D eigenvalue weighted by Gasteiger charge is 2.27. The Morgan fingerprint density at radius 1 is 1.43 bits per heavy atom. The van der Waals surface area contributed by atoms with Crippen molar-refractivity contribution in [1.82, 2.24) is 4.90 Å². The summed E-state index contributed by atoms with van der Waals surface area (Å²) in [4.78, 5) is 14.7. The zero-order valence-electron chi connectivity index (χ0n) is 12.6. The molecule has 2 heterocycles. The third-order valence-electron chi connectivity index (χ3n) is 4.13. The summed E-state index contributed by atoms with van der Waals surface area (Å²) < 4.78 is 11.1. The maximum atomic E-state index is 12.8. The van der Waals surface area contributed by atoms with Crippen molar-refractivity contribution in [2.45, 2.75) is 26.4 Å². The number of ether oxygens (including phenoxy) is 1. The van der Waals surface area contributed by atoms with Gasteiger partial charge >= 0.3 is 0 Å². The summed E-state index contributed by atoms with van der Waals surface area (Å²) in [5, 5.41) is 0.966. The van der Waals surface area contributed by atoms with Crippen LogP contribution >= 0.6 is 0 Å². The van der Waals surface area contributed by atoms with Crippen LogP contribution in [0.25, 0.3) is 11.0 Å². The average Bonchev–Trinajstić information content (AvgIpc) is 2.86. The summed E-state index contributed by atoms with van der Waals surface area (Å²) in [6, 6.07) is 7.74. The number of hydrogen-bond acceptors (Lipinski definition) is 3. The van der Waals surface area contributed by atoms with Gasteiger partial charge in [0.25, 0.3) is 5.91 Å². The number of hydrogen-bond donors (Lipinski definition) is 0. The van der Waals surface area contributed by atoms with Gasteiger partial charge in [-0.25, -0.2) is 0 Å². The molecule has 1 fully saturated rings. The van der Waals surface area contributed by atoms with E-state index >= 15 is 0 Å². The summed E-state index contributed by atoms with van der Waals surface area (Å²) in [6.45, 7) is 4.20. The van der Waals surface area contributed by atoms with Gasteiger partial charge in [0.05, 0.1) is 6.61 Å². The molecule has 112 valence electrons. The summed E-state index contributed by atoms with van der Waals surface area (Å²) >= 11 is 0. The minimum Gasteiger partial charge on any atom is -0.451 e. The molecule has 0 aliphatic carbocycles. The zero-order valence-corrected chi connectivity index (χ0v) is 12.6. The van der Waals surface area contributed by atoms with Crippen molar-refractivity contribution in [3.8, 4) is 0 Å². The topological polar surface area (TPSA) is 42.7 Å². The standard InChI is InChI=1S/C17H21NO3/c1-12-6-5-9-18(10-12)17(19)16-14(11-20-2)13-7-3-4-8-15(13)21-16/h3-4,7-8,12H,5-6,9-11H2,1-2H3. The predicted octanol–water partition coefficient (Wildman–Crippen LogP) is 3.45. The first-order chi connectivity index (χ1) is 10.2. The molecule has 0 radical (unpaired) electrons. The number of carbonyl (C=O) groups excluding carboxylic acids is 1. The lowest BCUT2D eigenvalue weighted by Crippen LogP contribution is -2.39. The molecule has 4 nitrogen and oxygen atoms in total. The van der Waals surface area contributed by atoms with Crippen LogP contribution in [0.5, 0.6) is 0 Å². The second-order valence-corrected chi connectivity index (χ2v) is 5.84. The van der Waals surface area contributed by atoms with Gasteiger partial charge < -0.3 is 14.1 Å². The first-order valence-electron chi connectivity index (χ1n) is 7.49. The Morgan fingerprint density at radius 3 is 3.00 bits per heavy atom. The molecule has 1 aliphatic heterocycles. The monoisotopic (exact) mass is 287 g/mol. The smallest absolute Gasteiger partial charge is 0.289 e. The molecule has 1 saturated heterocycles. The molecule has 1 atom stereocenters. The summed E-state index contributed by atoms with van der Waals surface area (Å²) in [6.07, 6.45) is 2.25. The predicted molar refractivity (Wildman–Crippen MR) is 81.2 cm³/mol. The molecule has 0 saturated carbocycles. The number of para-hydroxylation sites is 1. The van der Waals surface area contributed by atoms with Crippen molar-refractivity contribution in [2.24, 2.45) is 5.92 Å². The van der Waals surface area contributed by atoms with Gasteiger partial charge in [0.1, 0.15) is 5.58 Å². The van der Waals surface area contributed by atoms with Crippen LogP contribution in [0.2, 0.25) is 0 Å². The Morgan fingerprint density at radius 2 is 2.24 bits per heavy atom. The van der Waals surface area contributed by atoms with Crippen LogP contribution < -0.4 is 0 Å². The molecule has 0 N–H and O–H groups in total. The lowest BCUT2D eigenvalue weighted by molar-refractivity contribution is 0.0647. The maximum absolute atomic E-state index is 12.8. The van der Waals surface area contributed by atoms with Gasteiger partial charge in [-0.15, -0.1) is 0 Å². The van der Waals surface area contributed by atoms with Crippen molar-refractivity contribution in [1.29, 1.82) is 0 Å². The maximum Gasteiger partial charge on any atom is 0.289 e. The van der Waals surface area contributed by atoms with E-state index in [9.17, 15) is 4.79 Å². The highest BCUT2D eigenvalue weighted by atomic mass is 16.5. The van der Waals surface area contributed by atoms with Gasteiger partial charge in [-0.2, -0.15) is 0 Å². The number of rotatable bonds is 3. The zero-order chi connectivity index (χ0) is 14.8. The minimum absolute atomic E-state index is 0.00944. The molecule has 3 rings (SSSR count). The molecule has 4 heteroatoms. The second-order valence-electron chi connectivity index (χ2n) is 5.84. The van der Waals surface area contributed by atoms with Gasteiger partial charge in [0, 0.05) is 31.1 Å². The van der Waals surface area contributed by atoms with Gasteiger partial charge in [0.2, 0.25) is 0 Å². The van der Waals surface area contributed by atoms with Gasteiger partial charge in [-0.1, -0.05) is 25.1 Å². The van der Waals surface area contributed by atoms with E-state index in [1.54, 1.807) is 7.11 Å². The largest absolute Gasteiger partial charge is 0.451 e. The van der Waals surface area contributed by atoms with Crippen LogP contribution in [0.15, 0.2) is 28.7 Å². The number of carbonyl (C=O) groups is 1. The minimum atomic E-state index is -0.00944. The van der Waals surface area contributed by atoms with Crippen LogP contribution in [0.3, 0.4) is 0 Å². The summed E-state index contributed by atoms with van der Waals surface area (Å²) in [5.41, 5.74) is 1.61. The van der Waals surface area contributed by atoms with E-state index in [-0.39, 0.29) is 5.91 Å². The van der Waals surface area contributed by atoms with Crippen molar-refractivity contribution in [3.63, 3.8) is 0 Å². The first kappa shape index (κ1) is 14.1. The van der Waals surface area contributed by atoms with E-state index < -0.39 is 0 Å². The second kappa shape index (κ2) is 5.90. The molecule has 1 unspecified atom stereocenters. The molecule has 1 amide bonds. The Hall–Kier alpha value is -1.81. The Kier molecular flexibility index (Phi) is 3.97. The van der Waals surface area contributed by atoms with Crippen LogP contribution in [-0.2, 0) is 11.3 Å². The number of piperidine rings is 1. The number of furan rings is 1. The fourth-order valence-corrected chi connectivity index (χ4v) is 3.08. The number of benzene rings is 1. The number of fused-ring (bicyclic) bond motifs is 1. The van der Waals surface area contributed by atoms with E-state index in [1.807, 2.05) is 29.2 Å². The van der Waals surface area contributed by atoms with Crippen LogP contribution in [0, 0.1) is 5.92 Å². The quantitative estimate of drug-likeness (QED) is 0.868. The van der Waals surface area contributed by atoms with E-state index in [1.165, 1.54) is 6.42 Å². The third kappa shape index (κ3) is 2.68. The molecular weight excluding hydrogens is 266 g/mol. The van der Waals surface area contributed by atoms with Gasteiger partial charge in [-0.3, -0.25) is 4.79 Å². The number of amides is 1. The van der Waals surface area contributed by atoms with E-state index in [4.69, 9.17) is 9.15 Å². The average molecular weight is 287 g/mol. The van der Waals surface area contributed by atoms with Crippen LogP contribution in [0.4, 0.5) is 0 Å². The first-order valence-corrected chi connectivity index (χ1v) is 7.49. The van der Waals surface area contributed by atoms with Crippen molar-refractivity contribution < 1.29 is 13.9 Å². The Bertz CT molecular complexity index is 647. The van der Waals surface area contributed by atoms with Crippen molar-refractivity contribution >= 4 is 16.9 Å². The SMILES string of the molecule is COCc1c(C(=O)N2CCCC(C)C2)oc2ccccc12. The molecule has 0 spiro atoms. The van der Waals surface area contributed by atoms with Crippen molar-refractivity contribution in [3.05, 3.63) is 35.6 Å². The van der Waals surface area contributed by atoms with Gasteiger partial charge in [-0.05, 0) is 24.8 Å². The number of likely N-dealkylation sites (tertiary alicyclic amines) is 1. The lowest BCUT2D eigenvalue weighted by Gasteiger charge is -2.30. The Balaban J connectivity index is 1.98. The molecule has 1 aliphatic rings. The number of nitrogens with zero attached hydrogens (tertiary/aromatic N) is 1. The number of methoxy groups -OCH3 is 1. The molecule has 0 bridgehead atoms. The van der Waals surface area contributed by atoms with E-state index in [0.29, 0.717) is 18.3 Å². The molecule has 1 aromatic carbocycles. The molecule has 21 heavy (non-hydrogen) atoms. The normalized spacial score (nSPS) is 19.1.